The van der Waals surface area contributed by atoms with Crippen LogP contribution in [-0.4, -0.2) is 19.6 Å². The van der Waals surface area contributed by atoms with Crippen molar-refractivity contribution in [3.05, 3.63) is 0 Å². The van der Waals surface area contributed by atoms with Crippen LogP contribution in [0.5, 0.6) is 0 Å². The summed E-state index contributed by atoms with van der Waals surface area (Å²) in [5.41, 5.74) is 0. The van der Waals surface area contributed by atoms with Crippen LogP contribution in [0, 0.1) is 23.7 Å². The fraction of sp³-hybridized carbons (Fsp3) is 0.429. The highest BCUT2D eigenvalue weighted by molar-refractivity contribution is 6.19. The summed E-state index contributed by atoms with van der Waals surface area (Å²) in [6, 6.07) is 0. The molecule has 0 bridgehead atoms. The lowest BCUT2D eigenvalue weighted by atomic mass is 10.5. The van der Waals surface area contributed by atoms with E-state index in [0.29, 0.717) is 12.5 Å². The molecule has 0 radical (unpaired) electrons. The first-order valence-corrected chi connectivity index (χ1v) is 2.96. The molecule has 9 heavy (non-hydrogen) atoms. The van der Waals surface area contributed by atoms with Crippen LogP contribution in [0.25, 0.3) is 0 Å². The lowest BCUT2D eigenvalue weighted by Crippen LogP contribution is -1.79. The number of ether oxygens (including phenoxy) is 1. The highest BCUT2D eigenvalue weighted by atomic mass is 35.5. The fourth-order valence-electron chi connectivity index (χ4n) is 0.230. The summed E-state index contributed by atoms with van der Waals surface area (Å²) in [7, 11) is 1.59. The minimum absolute atomic E-state index is 0.335. The zero-order valence-corrected chi connectivity index (χ0v) is 5.96. The van der Waals surface area contributed by atoms with Crippen LogP contribution in [0.3, 0.4) is 0 Å². The first-order chi connectivity index (χ1) is 4.41. The third-order valence-corrected chi connectivity index (χ3v) is 0.656. The molecule has 0 heterocycles. The molecule has 0 aliphatic heterocycles. The van der Waals surface area contributed by atoms with Crippen molar-refractivity contribution in [3.8, 4) is 23.7 Å². The third-order valence-electron chi connectivity index (χ3n) is 0.523. The van der Waals surface area contributed by atoms with Gasteiger partial charge >= 0.3 is 0 Å². The molecule has 0 atom stereocenters. The maximum atomic E-state index is 5.24. The Bertz CT molecular complexity index is 165. The second kappa shape index (κ2) is 7.37. The molecule has 2 heteroatoms. The van der Waals surface area contributed by atoms with Crippen molar-refractivity contribution in [3.63, 3.8) is 0 Å². The van der Waals surface area contributed by atoms with E-state index in [9.17, 15) is 0 Å². The number of hydrogen-bond acceptors (Lipinski definition) is 1. The van der Waals surface area contributed by atoms with Crippen molar-refractivity contribution in [2.75, 3.05) is 19.6 Å². The molecule has 0 rings (SSSR count). The number of methoxy groups -OCH3 is 1. The van der Waals surface area contributed by atoms with E-state index in [2.05, 4.69) is 28.4 Å². The van der Waals surface area contributed by atoms with E-state index >= 15 is 0 Å². The molecule has 0 unspecified atom stereocenters. The fourth-order valence-corrected chi connectivity index (χ4v) is 0.297. The van der Waals surface area contributed by atoms with Gasteiger partial charge in [-0.15, -0.1) is 11.6 Å². The second-order valence-corrected chi connectivity index (χ2v) is 1.44. The van der Waals surface area contributed by atoms with Gasteiger partial charge in [0.2, 0.25) is 0 Å². The van der Waals surface area contributed by atoms with Crippen LogP contribution in [0.4, 0.5) is 0 Å². The van der Waals surface area contributed by atoms with Gasteiger partial charge in [-0.3, -0.25) is 0 Å². The van der Waals surface area contributed by atoms with E-state index in [1.165, 1.54) is 0 Å². The first kappa shape index (κ1) is 8.37. The SMILES string of the molecule is COCC#CC#CCCl. The van der Waals surface area contributed by atoms with Crippen molar-refractivity contribution < 1.29 is 4.74 Å². The topological polar surface area (TPSA) is 9.23 Å². The van der Waals surface area contributed by atoms with Gasteiger partial charge in [-0.2, -0.15) is 0 Å². The van der Waals surface area contributed by atoms with E-state index in [-0.39, 0.29) is 0 Å². The molecule has 0 aromatic carbocycles. The van der Waals surface area contributed by atoms with E-state index < -0.39 is 0 Å². The average Bonchev–Trinajstić information content (AvgIpc) is 1.89. The van der Waals surface area contributed by atoms with Gasteiger partial charge in [-0.1, -0.05) is 11.8 Å². The summed E-state index contributed by atoms with van der Waals surface area (Å²) in [6.07, 6.45) is 0. The van der Waals surface area contributed by atoms with Gasteiger partial charge in [0.05, 0.1) is 5.88 Å². The van der Waals surface area contributed by atoms with Crippen molar-refractivity contribution in [2.45, 2.75) is 0 Å². The Morgan fingerprint density at radius 3 is 2.56 bits per heavy atom. The highest BCUT2D eigenvalue weighted by Gasteiger charge is 1.64. The molecule has 0 amide bonds. The molecular formula is C7H7ClO. The van der Waals surface area contributed by atoms with Crippen LogP contribution < -0.4 is 0 Å². The van der Waals surface area contributed by atoms with Crippen LogP contribution in [-0.2, 0) is 4.74 Å². The number of alkyl halides is 1. The van der Waals surface area contributed by atoms with Crippen LogP contribution in [0.1, 0.15) is 0 Å². The predicted molar refractivity (Wildman–Crippen MR) is 38.1 cm³/mol. The zero-order chi connectivity index (χ0) is 6.95. The maximum Gasteiger partial charge on any atom is 0.108 e. The van der Waals surface area contributed by atoms with E-state index in [4.69, 9.17) is 11.6 Å². The van der Waals surface area contributed by atoms with Gasteiger partial charge in [-0.05, 0) is 11.8 Å². The lowest BCUT2D eigenvalue weighted by Gasteiger charge is -1.78. The van der Waals surface area contributed by atoms with Gasteiger partial charge in [-0.25, -0.2) is 0 Å². The largest absolute Gasteiger partial charge is 0.372 e. The maximum absolute atomic E-state index is 5.24. The lowest BCUT2D eigenvalue weighted by molar-refractivity contribution is 0.240. The number of hydrogen-bond donors (Lipinski definition) is 0. The molecule has 0 aromatic heterocycles. The van der Waals surface area contributed by atoms with E-state index in [1.54, 1.807) is 7.11 Å². The molecule has 0 spiro atoms. The Morgan fingerprint density at radius 1 is 1.33 bits per heavy atom. The number of halogens is 1. The standard InChI is InChI=1S/C7H7ClO/c1-9-7-5-3-2-4-6-8/h6-7H2,1H3. The van der Waals surface area contributed by atoms with Gasteiger partial charge in [0, 0.05) is 7.11 Å². The third kappa shape index (κ3) is 7.37. The molecule has 0 aliphatic carbocycles. The summed E-state index contributed by atoms with van der Waals surface area (Å²) < 4.78 is 4.65. The van der Waals surface area contributed by atoms with Gasteiger partial charge in [0.15, 0.2) is 0 Å². The van der Waals surface area contributed by atoms with E-state index in [1.807, 2.05) is 0 Å². The average molecular weight is 143 g/mol. The van der Waals surface area contributed by atoms with Crippen molar-refractivity contribution in [1.29, 1.82) is 0 Å². The summed E-state index contributed by atoms with van der Waals surface area (Å²) >= 11 is 5.24. The first-order valence-electron chi connectivity index (χ1n) is 2.42. The minimum Gasteiger partial charge on any atom is -0.372 e. The van der Waals surface area contributed by atoms with Crippen molar-refractivity contribution in [1.82, 2.24) is 0 Å². The Morgan fingerprint density at radius 2 is 2.00 bits per heavy atom. The van der Waals surface area contributed by atoms with Crippen LogP contribution in [0.2, 0.25) is 0 Å². The molecule has 48 valence electrons. The van der Waals surface area contributed by atoms with Crippen LogP contribution >= 0.6 is 11.6 Å². The summed E-state index contributed by atoms with van der Waals surface area (Å²) in [6.45, 7) is 0.428. The summed E-state index contributed by atoms with van der Waals surface area (Å²) in [4.78, 5) is 0. The van der Waals surface area contributed by atoms with Crippen molar-refractivity contribution in [2.24, 2.45) is 0 Å². The normalized spacial score (nSPS) is 6.44. The Kier molecular flexibility index (Phi) is 6.85. The molecule has 0 aromatic rings. The second-order valence-electron chi connectivity index (χ2n) is 1.17. The highest BCUT2D eigenvalue weighted by Crippen LogP contribution is 1.66. The van der Waals surface area contributed by atoms with Gasteiger partial charge < -0.3 is 4.74 Å². The van der Waals surface area contributed by atoms with Crippen LogP contribution in [0.15, 0.2) is 0 Å². The molecule has 0 saturated carbocycles. The molecule has 1 nitrogen and oxygen atoms in total. The Hall–Kier alpha value is -0.630. The molecule has 0 saturated heterocycles. The molecule has 0 fully saturated rings. The predicted octanol–water partition coefficient (Wildman–Crippen LogP) is 0.878. The van der Waals surface area contributed by atoms with Crippen molar-refractivity contribution >= 4 is 11.6 Å². The zero-order valence-electron chi connectivity index (χ0n) is 5.20. The monoisotopic (exact) mass is 142 g/mol. The Balaban J connectivity index is 3.36. The van der Waals surface area contributed by atoms with E-state index in [0.717, 1.165) is 0 Å². The molecule has 0 N–H and O–H groups in total. The summed E-state index contributed by atoms with van der Waals surface area (Å²) in [5, 5.41) is 0. The quantitative estimate of drug-likeness (QED) is 0.390. The molecule has 0 aliphatic rings. The summed E-state index contributed by atoms with van der Waals surface area (Å²) in [5.74, 6) is 10.7. The number of rotatable bonds is 1. The molecular weight excluding hydrogens is 136 g/mol. The smallest absolute Gasteiger partial charge is 0.108 e. The minimum atomic E-state index is 0.335. The van der Waals surface area contributed by atoms with Gasteiger partial charge in [0.1, 0.15) is 6.61 Å². The van der Waals surface area contributed by atoms with Gasteiger partial charge in [0.25, 0.3) is 0 Å². The Labute approximate surface area is 60.3 Å².